The lowest BCUT2D eigenvalue weighted by atomic mass is 10.0. The number of aromatic nitrogens is 2. The fourth-order valence-electron chi connectivity index (χ4n) is 2.31. The van der Waals surface area contributed by atoms with Crippen molar-refractivity contribution in [1.29, 1.82) is 0 Å². The van der Waals surface area contributed by atoms with E-state index >= 15 is 0 Å². The van der Waals surface area contributed by atoms with Gasteiger partial charge in [0.25, 0.3) is 0 Å². The molecule has 20 heavy (non-hydrogen) atoms. The zero-order chi connectivity index (χ0) is 14.7. The molecule has 2 aromatic rings. The largest absolute Gasteiger partial charge is 0.508 e. The first-order valence-electron chi connectivity index (χ1n) is 6.82. The van der Waals surface area contributed by atoms with Gasteiger partial charge >= 0.3 is 0 Å². The van der Waals surface area contributed by atoms with Gasteiger partial charge in [-0.3, -0.25) is 4.68 Å². The van der Waals surface area contributed by atoms with Crippen LogP contribution in [0.4, 0.5) is 5.69 Å². The van der Waals surface area contributed by atoms with Crippen LogP contribution in [-0.2, 0) is 13.5 Å². The summed E-state index contributed by atoms with van der Waals surface area (Å²) in [4.78, 5) is 0. The molecule has 108 valence electrons. The maximum Gasteiger partial charge on any atom is 0.120 e. The highest BCUT2D eigenvalue weighted by atomic mass is 79.9. The van der Waals surface area contributed by atoms with Crippen LogP contribution in [0.2, 0.25) is 0 Å². The average molecular weight is 338 g/mol. The first-order chi connectivity index (χ1) is 9.55. The Labute approximate surface area is 127 Å². The third-order valence-corrected chi connectivity index (χ3v) is 3.84. The predicted molar refractivity (Wildman–Crippen MR) is 85.0 cm³/mol. The third kappa shape index (κ3) is 3.15. The number of halogens is 1. The SMILES string of the molecule is CCc1nn(C)cc1NC(CC)c1cc(Br)ccc1O. The lowest BCUT2D eigenvalue weighted by molar-refractivity contribution is 0.462. The van der Waals surface area contributed by atoms with Crippen molar-refractivity contribution in [3.8, 4) is 5.75 Å². The summed E-state index contributed by atoms with van der Waals surface area (Å²) in [5, 5.41) is 18.0. The van der Waals surface area contributed by atoms with Crippen molar-refractivity contribution >= 4 is 21.6 Å². The smallest absolute Gasteiger partial charge is 0.120 e. The van der Waals surface area contributed by atoms with Gasteiger partial charge in [0.1, 0.15) is 5.75 Å². The molecule has 4 nitrogen and oxygen atoms in total. The van der Waals surface area contributed by atoms with Crippen LogP contribution in [0, 0.1) is 0 Å². The number of rotatable bonds is 5. The molecule has 5 heteroatoms. The second-order valence-electron chi connectivity index (χ2n) is 4.83. The standard InChI is InChI=1S/C15H20BrN3O/c1-4-12(11-8-10(16)6-7-15(11)20)17-14-9-19(3)18-13(14)5-2/h6-9,12,17,20H,4-5H2,1-3H3. The topological polar surface area (TPSA) is 50.1 Å². The van der Waals surface area contributed by atoms with Crippen LogP contribution in [0.5, 0.6) is 5.75 Å². The Morgan fingerprint density at radius 3 is 2.80 bits per heavy atom. The molecule has 0 aliphatic rings. The van der Waals surface area contributed by atoms with Gasteiger partial charge in [-0.25, -0.2) is 0 Å². The molecular weight excluding hydrogens is 318 g/mol. The summed E-state index contributed by atoms with van der Waals surface area (Å²) in [7, 11) is 1.92. The molecule has 0 bridgehead atoms. The van der Waals surface area contributed by atoms with Gasteiger partial charge in [-0.05, 0) is 31.0 Å². The summed E-state index contributed by atoms with van der Waals surface area (Å²) in [6, 6.07) is 5.57. The minimum atomic E-state index is 0.0574. The quantitative estimate of drug-likeness (QED) is 0.866. The number of anilines is 1. The number of phenols is 1. The molecule has 0 radical (unpaired) electrons. The predicted octanol–water partition coefficient (Wildman–Crippen LogP) is 4.01. The Balaban J connectivity index is 2.30. The Bertz CT molecular complexity index is 595. The Morgan fingerprint density at radius 2 is 2.15 bits per heavy atom. The number of aryl methyl sites for hydroxylation is 2. The normalized spacial score (nSPS) is 12.4. The molecule has 1 aromatic heterocycles. The van der Waals surface area contributed by atoms with Gasteiger partial charge < -0.3 is 10.4 Å². The molecule has 1 aromatic carbocycles. The first kappa shape index (κ1) is 14.9. The van der Waals surface area contributed by atoms with Gasteiger partial charge in [0.15, 0.2) is 0 Å². The van der Waals surface area contributed by atoms with Crippen LogP contribution in [0.1, 0.15) is 37.6 Å². The van der Waals surface area contributed by atoms with E-state index in [1.54, 1.807) is 6.07 Å². The Hall–Kier alpha value is -1.49. The van der Waals surface area contributed by atoms with Crippen LogP contribution in [0.15, 0.2) is 28.9 Å². The average Bonchev–Trinajstić information content (AvgIpc) is 2.79. The molecule has 1 atom stereocenters. The number of hydrogen-bond donors (Lipinski definition) is 2. The molecule has 1 heterocycles. The Morgan fingerprint density at radius 1 is 1.40 bits per heavy atom. The minimum Gasteiger partial charge on any atom is -0.508 e. The number of benzene rings is 1. The molecular formula is C15H20BrN3O. The summed E-state index contributed by atoms with van der Waals surface area (Å²) < 4.78 is 2.78. The highest BCUT2D eigenvalue weighted by Gasteiger charge is 2.16. The van der Waals surface area contributed by atoms with E-state index in [2.05, 4.69) is 40.2 Å². The van der Waals surface area contributed by atoms with Crippen molar-refractivity contribution in [3.05, 3.63) is 40.1 Å². The van der Waals surface area contributed by atoms with Crippen molar-refractivity contribution < 1.29 is 5.11 Å². The zero-order valence-electron chi connectivity index (χ0n) is 12.0. The molecule has 2 rings (SSSR count). The molecule has 0 aliphatic carbocycles. The number of nitrogens with zero attached hydrogens (tertiary/aromatic N) is 2. The van der Waals surface area contributed by atoms with Gasteiger partial charge in [0.05, 0.1) is 17.4 Å². The van der Waals surface area contributed by atoms with Gasteiger partial charge in [-0.1, -0.05) is 29.8 Å². The lowest BCUT2D eigenvalue weighted by Crippen LogP contribution is -2.10. The van der Waals surface area contributed by atoms with Crippen LogP contribution >= 0.6 is 15.9 Å². The van der Waals surface area contributed by atoms with Crippen molar-refractivity contribution in [2.24, 2.45) is 7.05 Å². The number of hydrogen-bond acceptors (Lipinski definition) is 3. The van der Waals surface area contributed by atoms with Crippen molar-refractivity contribution in [1.82, 2.24) is 9.78 Å². The van der Waals surface area contributed by atoms with E-state index in [9.17, 15) is 5.11 Å². The second-order valence-corrected chi connectivity index (χ2v) is 5.74. The molecule has 1 unspecified atom stereocenters. The molecule has 0 spiro atoms. The zero-order valence-corrected chi connectivity index (χ0v) is 13.6. The van der Waals surface area contributed by atoms with Crippen LogP contribution < -0.4 is 5.32 Å². The monoisotopic (exact) mass is 337 g/mol. The lowest BCUT2D eigenvalue weighted by Gasteiger charge is -2.19. The van der Waals surface area contributed by atoms with E-state index in [1.165, 1.54) is 0 Å². The molecule has 0 amide bonds. The van der Waals surface area contributed by atoms with E-state index in [0.717, 1.165) is 34.3 Å². The molecule has 0 aliphatic heterocycles. The minimum absolute atomic E-state index is 0.0574. The summed E-state index contributed by atoms with van der Waals surface area (Å²) >= 11 is 3.46. The van der Waals surface area contributed by atoms with Crippen LogP contribution in [0.3, 0.4) is 0 Å². The Kier molecular flexibility index (Phi) is 4.70. The second kappa shape index (κ2) is 6.31. The maximum atomic E-state index is 10.1. The fourth-order valence-corrected chi connectivity index (χ4v) is 2.69. The van der Waals surface area contributed by atoms with E-state index < -0.39 is 0 Å². The molecule has 0 saturated heterocycles. The van der Waals surface area contributed by atoms with Gasteiger partial charge in [0.2, 0.25) is 0 Å². The first-order valence-corrected chi connectivity index (χ1v) is 7.61. The number of aromatic hydroxyl groups is 1. The van der Waals surface area contributed by atoms with E-state index in [1.807, 2.05) is 30.1 Å². The van der Waals surface area contributed by atoms with Crippen molar-refractivity contribution in [2.75, 3.05) is 5.32 Å². The molecule has 0 saturated carbocycles. The summed E-state index contributed by atoms with van der Waals surface area (Å²) in [6.45, 7) is 4.19. The highest BCUT2D eigenvalue weighted by Crippen LogP contribution is 2.32. The van der Waals surface area contributed by atoms with Gasteiger partial charge in [-0.2, -0.15) is 5.10 Å². The summed E-state index contributed by atoms with van der Waals surface area (Å²) in [6.07, 6.45) is 3.74. The van der Waals surface area contributed by atoms with Gasteiger partial charge in [0, 0.05) is 23.3 Å². The van der Waals surface area contributed by atoms with E-state index in [0.29, 0.717) is 5.75 Å². The van der Waals surface area contributed by atoms with E-state index in [-0.39, 0.29) is 6.04 Å². The third-order valence-electron chi connectivity index (χ3n) is 3.34. The van der Waals surface area contributed by atoms with E-state index in [4.69, 9.17) is 0 Å². The highest BCUT2D eigenvalue weighted by molar-refractivity contribution is 9.10. The summed E-state index contributed by atoms with van der Waals surface area (Å²) in [5.74, 6) is 0.314. The molecule has 0 fully saturated rings. The van der Waals surface area contributed by atoms with Crippen molar-refractivity contribution in [2.45, 2.75) is 32.7 Å². The van der Waals surface area contributed by atoms with Crippen LogP contribution in [-0.4, -0.2) is 14.9 Å². The van der Waals surface area contributed by atoms with Gasteiger partial charge in [-0.15, -0.1) is 0 Å². The molecule has 2 N–H and O–H groups in total. The van der Waals surface area contributed by atoms with Crippen LogP contribution in [0.25, 0.3) is 0 Å². The summed E-state index contributed by atoms with van der Waals surface area (Å²) in [5.41, 5.74) is 2.97. The number of nitrogens with one attached hydrogen (secondary N) is 1. The van der Waals surface area contributed by atoms with Crippen molar-refractivity contribution in [3.63, 3.8) is 0 Å². The maximum absolute atomic E-state index is 10.1. The number of phenolic OH excluding ortho intramolecular Hbond substituents is 1. The fraction of sp³-hybridized carbons (Fsp3) is 0.400.